The Morgan fingerprint density at radius 1 is 0.349 bits per heavy atom. The van der Waals surface area contributed by atoms with E-state index in [4.69, 9.17) is 4.31 Å². The Balaban J connectivity index is 3.74. The monoisotopic (exact) mass is 653 g/mol. The first kappa shape index (κ1) is 43.7. The number of rotatable bonds is 36. The molecule has 262 valence electrons. The van der Waals surface area contributed by atoms with E-state index in [2.05, 4.69) is 13.8 Å². The van der Waals surface area contributed by atoms with Gasteiger partial charge < -0.3 is 0 Å². The second kappa shape index (κ2) is 31.3. The van der Waals surface area contributed by atoms with Gasteiger partial charge in [-0.25, -0.2) is 0 Å². The molecule has 0 saturated heterocycles. The number of unbranched alkanes of at least 4 members (excludes halogenated alkanes) is 30. The van der Waals surface area contributed by atoms with E-state index in [9.17, 15) is 19.6 Å². The van der Waals surface area contributed by atoms with Crippen LogP contribution in [-0.4, -0.2) is 31.9 Å². The summed E-state index contributed by atoms with van der Waals surface area (Å²) in [5.41, 5.74) is 0. The Labute approximate surface area is 270 Å². The number of hydrogen-bond donors (Lipinski definition) is 4. The maximum absolute atomic E-state index is 11.0. The van der Waals surface area contributed by atoms with E-state index >= 15 is 0 Å². The van der Waals surface area contributed by atoms with Gasteiger partial charge in [-0.05, 0) is 0 Å². The van der Waals surface area contributed by atoms with Gasteiger partial charge >= 0.3 is 193 Å². The standard InChI is InChI=1S/C36H78O5P2/c1-3-5-7-9-11-13-15-17-19-21-23-25-27-29-31-33-35-43(39,40,41-42(37)38)36-34-32-30-28-26-24-22-20-18-16-14-12-10-8-6-4-2/h37-40H,3-36H2,1-2H3. The zero-order valence-electron chi connectivity index (χ0n) is 29.1. The van der Waals surface area contributed by atoms with Crippen LogP contribution < -0.4 is 0 Å². The van der Waals surface area contributed by atoms with E-state index < -0.39 is 15.9 Å². The van der Waals surface area contributed by atoms with Crippen molar-refractivity contribution in [3.63, 3.8) is 0 Å². The van der Waals surface area contributed by atoms with Crippen LogP contribution in [0.5, 0.6) is 0 Å². The molecule has 0 aromatic heterocycles. The minimum absolute atomic E-state index is 0.155. The van der Waals surface area contributed by atoms with Gasteiger partial charge in [0, 0.05) is 0 Å². The van der Waals surface area contributed by atoms with Crippen LogP contribution in [0, 0.1) is 0 Å². The van der Waals surface area contributed by atoms with Crippen LogP contribution in [0.2, 0.25) is 0 Å². The van der Waals surface area contributed by atoms with Gasteiger partial charge in [-0.15, -0.1) is 0 Å². The molecule has 7 heteroatoms. The zero-order chi connectivity index (χ0) is 31.8. The van der Waals surface area contributed by atoms with Gasteiger partial charge in [-0.2, -0.15) is 0 Å². The van der Waals surface area contributed by atoms with Crippen molar-refractivity contribution in [2.24, 2.45) is 0 Å². The predicted octanol–water partition coefficient (Wildman–Crippen LogP) is 13.0. The molecule has 0 aromatic rings. The van der Waals surface area contributed by atoms with Gasteiger partial charge in [-0.1, -0.05) is 78.1 Å². The molecule has 0 fully saturated rings. The fourth-order valence-corrected chi connectivity index (χ4v) is 10.3. The predicted molar refractivity (Wildman–Crippen MR) is 193 cm³/mol. The van der Waals surface area contributed by atoms with Gasteiger partial charge in [0.15, 0.2) is 0 Å². The normalized spacial score (nSPS) is 13.1. The molecular weight excluding hydrogens is 574 g/mol. The van der Waals surface area contributed by atoms with E-state index in [0.717, 1.165) is 25.7 Å². The summed E-state index contributed by atoms with van der Waals surface area (Å²) < 4.78 is 5.09. The summed E-state index contributed by atoms with van der Waals surface area (Å²) in [5, 5.41) is 0. The Morgan fingerprint density at radius 3 is 0.721 bits per heavy atom. The minimum atomic E-state index is -4.48. The van der Waals surface area contributed by atoms with Crippen molar-refractivity contribution in [2.75, 3.05) is 12.3 Å². The molecule has 0 bridgehead atoms. The summed E-state index contributed by atoms with van der Waals surface area (Å²) in [5.74, 6) is 0. The third-order valence-corrected chi connectivity index (χ3v) is 13.7. The summed E-state index contributed by atoms with van der Waals surface area (Å²) in [6.45, 7) is 4.55. The van der Waals surface area contributed by atoms with Crippen molar-refractivity contribution >= 4 is 15.9 Å². The fraction of sp³-hybridized carbons (Fsp3) is 1.00. The fourth-order valence-electron chi connectivity index (χ4n) is 6.32. The quantitative estimate of drug-likeness (QED) is 0.0399. The van der Waals surface area contributed by atoms with E-state index in [1.54, 1.807) is 0 Å². The Bertz CT molecular complexity index is 522. The molecule has 0 atom stereocenters. The van der Waals surface area contributed by atoms with Crippen LogP contribution in [0.3, 0.4) is 0 Å². The molecule has 0 aliphatic rings. The molecule has 5 nitrogen and oxygen atoms in total. The topological polar surface area (TPSA) is 90.2 Å². The second-order valence-corrected chi connectivity index (χ2v) is 18.3. The van der Waals surface area contributed by atoms with E-state index in [0.29, 0.717) is 12.8 Å². The molecule has 0 heterocycles. The van der Waals surface area contributed by atoms with Gasteiger partial charge in [0.1, 0.15) is 0 Å². The first-order valence-corrected chi connectivity index (χ1v) is 22.8. The molecule has 0 unspecified atom stereocenters. The maximum atomic E-state index is 11.0. The Morgan fingerprint density at radius 2 is 0.535 bits per heavy atom. The van der Waals surface area contributed by atoms with Gasteiger partial charge in [0.05, 0.1) is 0 Å². The summed E-state index contributed by atoms with van der Waals surface area (Å²) in [7, 11) is -7.25. The third-order valence-electron chi connectivity index (χ3n) is 9.18. The van der Waals surface area contributed by atoms with Crippen molar-refractivity contribution < 1.29 is 23.9 Å². The van der Waals surface area contributed by atoms with E-state index in [1.165, 1.54) is 167 Å². The molecule has 0 spiro atoms. The van der Waals surface area contributed by atoms with Crippen LogP contribution >= 0.6 is 15.9 Å². The van der Waals surface area contributed by atoms with Gasteiger partial charge in [0.2, 0.25) is 0 Å². The number of hydrogen-bond acceptors (Lipinski definition) is 5. The molecule has 0 aliphatic carbocycles. The van der Waals surface area contributed by atoms with Gasteiger partial charge in [-0.3, -0.25) is 0 Å². The van der Waals surface area contributed by atoms with E-state index in [1.807, 2.05) is 0 Å². The van der Waals surface area contributed by atoms with Crippen LogP contribution in [-0.2, 0) is 4.31 Å². The molecular formula is C36H78O5P2. The second-order valence-electron chi connectivity index (χ2n) is 13.7. The van der Waals surface area contributed by atoms with Crippen molar-refractivity contribution in [1.29, 1.82) is 0 Å². The SMILES string of the molecule is CCCCCCCCCCCCCCCCCCP(O)(O)(CCCCCCCCCCCCCCCCCC)OP(O)O. The Kier molecular flexibility index (Phi) is 31.7. The van der Waals surface area contributed by atoms with Crippen LogP contribution in [0.4, 0.5) is 0 Å². The zero-order valence-corrected chi connectivity index (χ0v) is 30.9. The third kappa shape index (κ3) is 32.4. The Hall–Kier alpha value is 0.660. The van der Waals surface area contributed by atoms with Crippen molar-refractivity contribution in [3.8, 4) is 0 Å². The van der Waals surface area contributed by atoms with Crippen LogP contribution in [0.25, 0.3) is 0 Å². The first-order valence-electron chi connectivity index (χ1n) is 19.2. The average molecular weight is 653 g/mol. The molecule has 0 saturated carbocycles. The molecule has 0 aliphatic heterocycles. The molecule has 43 heavy (non-hydrogen) atoms. The molecule has 0 aromatic carbocycles. The first-order chi connectivity index (χ1) is 20.8. The average Bonchev–Trinajstić information content (AvgIpc) is 2.96. The van der Waals surface area contributed by atoms with Crippen molar-refractivity contribution in [2.45, 2.75) is 219 Å². The van der Waals surface area contributed by atoms with Crippen LogP contribution in [0.15, 0.2) is 0 Å². The molecule has 4 N–H and O–H groups in total. The van der Waals surface area contributed by atoms with Gasteiger partial charge in [0.25, 0.3) is 0 Å². The molecule has 0 radical (unpaired) electrons. The van der Waals surface area contributed by atoms with Crippen LogP contribution in [0.1, 0.15) is 219 Å². The summed E-state index contributed by atoms with van der Waals surface area (Å²) in [6.07, 6.45) is 40.9. The van der Waals surface area contributed by atoms with Crippen molar-refractivity contribution in [3.05, 3.63) is 0 Å². The summed E-state index contributed by atoms with van der Waals surface area (Å²) in [4.78, 5) is 40.9. The summed E-state index contributed by atoms with van der Waals surface area (Å²) >= 11 is 0. The summed E-state index contributed by atoms with van der Waals surface area (Å²) in [6, 6.07) is 0. The van der Waals surface area contributed by atoms with Crippen molar-refractivity contribution in [1.82, 2.24) is 0 Å². The molecule has 0 rings (SSSR count). The van der Waals surface area contributed by atoms with E-state index in [-0.39, 0.29) is 12.3 Å². The molecule has 0 amide bonds.